The second kappa shape index (κ2) is 12.1. The number of unbranched alkanes of at least 4 members (excludes halogenated alkanes) is 1. The minimum absolute atomic E-state index is 0.203. The van der Waals surface area contributed by atoms with E-state index >= 15 is 0 Å². The SMILES string of the molecule is CCCCc1nc(Cl)c(C2C(C(=O)Nc3ccccc3Cl)=C(C)NC(C)=C2C(=O)Nc2ccccc2Cl)[nH]1. The molecule has 0 saturated carbocycles. The van der Waals surface area contributed by atoms with Crippen molar-refractivity contribution in [3.05, 3.63) is 97.8 Å². The predicted octanol–water partition coefficient (Wildman–Crippen LogP) is 7.22. The third-order valence-corrected chi connectivity index (χ3v) is 7.23. The molecule has 2 aromatic carbocycles. The van der Waals surface area contributed by atoms with E-state index in [0.717, 1.165) is 12.8 Å². The summed E-state index contributed by atoms with van der Waals surface area (Å²) in [7, 11) is 0. The van der Waals surface area contributed by atoms with Crippen molar-refractivity contribution in [1.29, 1.82) is 0 Å². The molecule has 4 rings (SSSR count). The molecule has 7 nitrogen and oxygen atoms in total. The van der Waals surface area contributed by atoms with Crippen LogP contribution in [0, 0.1) is 0 Å². The molecule has 0 unspecified atom stereocenters. The maximum absolute atomic E-state index is 13.8. The highest BCUT2D eigenvalue weighted by Crippen LogP contribution is 2.41. The standard InChI is InChI=1S/C28H28Cl3N5O2/c1-4-5-14-21-35-25(26(31)36-21)24-22(27(37)33-19-12-8-6-10-17(19)29)15(2)32-16(3)23(24)28(38)34-20-13-9-7-11-18(20)30/h6-13,24,32H,4-5,14H2,1-3H3,(H,33,37)(H,34,38)(H,35,36). The molecule has 2 amide bonds. The fourth-order valence-corrected chi connectivity index (χ4v) is 5.08. The van der Waals surface area contributed by atoms with Gasteiger partial charge in [-0.25, -0.2) is 4.98 Å². The minimum Gasteiger partial charge on any atom is -0.362 e. The van der Waals surface area contributed by atoms with Gasteiger partial charge in [0.05, 0.1) is 33.0 Å². The van der Waals surface area contributed by atoms with Crippen LogP contribution in [0.5, 0.6) is 0 Å². The van der Waals surface area contributed by atoms with E-state index in [1.54, 1.807) is 62.4 Å². The number of halogens is 3. The lowest BCUT2D eigenvalue weighted by molar-refractivity contribution is -0.113. The van der Waals surface area contributed by atoms with E-state index in [1.165, 1.54) is 0 Å². The first-order valence-electron chi connectivity index (χ1n) is 12.3. The number of dihydropyridines is 1. The van der Waals surface area contributed by atoms with Crippen LogP contribution in [0.3, 0.4) is 0 Å². The molecule has 198 valence electrons. The van der Waals surface area contributed by atoms with Crippen molar-refractivity contribution in [1.82, 2.24) is 15.3 Å². The second-order valence-electron chi connectivity index (χ2n) is 8.99. The minimum atomic E-state index is -0.836. The number of benzene rings is 2. The predicted molar refractivity (Wildman–Crippen MR) is 154 cm³/mol. The van der Waals surface area contributed by atoms with Crippen LogP contribution in [0.1, 0.15) is 51.0 Å². The number of carbonyl (C=O) groups is 2. The van der Waals surface area contributed by atoms with E-state index in [0.29, 0.717) is 61.9 Å². The van der Waals surface area contributed by atoms with E-state index in [9.17, 15) is 9.59 Å². The first-order chi connectivity index (χ1) is 18.2. The van der Waals surface area contributed by atoms with Crippen LogP contribution in [0.4, 0.5) is 11.4 Å². The van der Waals surface area contributed by atoms with E-state index < -0.39 is 17.7 Å². The Balaban J connectivity index is 1.80. The normalized spacial score (nSPS) is 13.9. The van der Waals surface area contributed by atoms with Gasteiger partial charge in [0.15, 0.2) is 5.15 Å². The molecular weight excluding hydrogens is 545 g/mol. The van der Waals surface area contributed by atoms with Crippen LogP contribution >= 0.6 is 34.8 Å². The number of hydrogen-bond donors (Lipinski definition) is 4. The lowest BCUT2D eigenvalue weighted by Crippen LogP contribution is -2.35. The number of para-hydroxylation sites is 2. The highest BCUT2D eigenvalue weighted by molar-refractivity contribution is 6.34. The van der Waals surface area contributed by atoms with E-state index in [1.807, 2.05) is 0 Å². The van der Waals surface area contributed by atoms with Gasteiger partial charge in [-0.05, 0) is 44.5 Å². The number of nitrogens with zero attached hydrogens (tertiary/aromatic N) is 1. The van der Waals surface area contributed by atoms with Crippen LogP contribution in [-0.2, 0) is 16.0 Å². The Kier molecular flexibility index (Phi) is 8.82. The first kappa shape index (κ1) is 27.8. The highest BCUT2D eigenvalue weighted by atomic mass is 35.5. The largest absolute Gasteiger partial charge is 0.362 e. The number of carbonyl (C=O) groups excluding carboxylic acids is 2. The van der Waals surface area contributed by atoms with Crippen molar-refractivity contribution in [3.8, 4) is 0 Å². The van der Waals surface area contributed by atoms with Gasteiger partial charge >= 0.3 is 0 Å². The molecule has 2 heterocycles. The molecule has 3 aromatic rings. The third kappa shape index (κ3) is 5.90. The molecule has 0 bridgehead atoms. The Hall–Kier alpha value is -3.26. The topological polar surface area (TPSA) is 98.9 Å². The summed E-state index contributed by atoms with van der Waals surface area (Å²) in [6.45, 7) is 5.65. The number of anilines is 2. The van der Waals surface area contributed by atoms with Gasteiger partial charge in [0.2, 0.25) is 0 Å². The average Bonchev–Trinajstić information content (AvgIpc) is 3.24. The Labute approximate surface area is 236 Å². The van der Waals surface area contributed by atoms with Crippen molar-refractivity contribution in [2.75, 3.05) is 10.6 Å². The van der Waals surface area contributed by atoms with Gasteiger partial charge < -0.3 is 20.9 Å². The van der Waals surface area contributed by atoms with Crippen LogP contribution in [0.2, 0.25) is 15.2 Å². The van der Waals surface area contributed by atoms with Crippen LogP contribution in [-0.4, -0.2) is 21.8 Å². The van der Waals surface area contributed by atoms with Crippen LogP contribution in [0.15, 0.2) is 71.1 Å². The van der Waals surface area contributed by atoms with E-state index in [2.05, 4.69) is 32.8 Å². The Bertz CT molecular complexity index is 1360. The number of allylic oxidation sites excluding steroid dienone is 2. The Morgan fingerprint density at radius 3 is 1.84 bits per heavy atom. The van der Waals surface area contributed by atoms with Gasteiger partial charge in [0.1, 0.15) is 5.82 Å². The zero-order chi connectivity index (χ0) is 27.4. The average molecular weight is 573 g/mol. The summed E-state index contributed by atoms with van der Waals surface area (Å²) in [5, 5.41) is 9.95. The third-order valence-electron chi connectivity index (χ3n) is 6.28. The monoisotopic (exact) mass is 571 g/mol. The zero-order valence-electron chi connectivity index (χ0n) is 21.2. The smallest absolute Gasteiger partial charge is 0.254 e. The summed E-state index contributed by atoms with van der Waals surface area (Å²) >= 11 is 19.3. The summed E-state index contributed by atoms with van der Waals surface area (Å²) in [6.07, 6.45) is 2.59. The van der Waals surface area contributed by atoms with Gasteiger partial charge in [-0.3, -0.25) is 9.59 Å². The molecule has 0 atom stereocenters. The fraction of sp³-hybridized carbons (Fsp3) is 0.250. The number of rotatable bonds is 8. The van der Waals surface area contributed by atoms with Crippen LogP contribution in [0.25, 0.3) is 0 Å². The van der Waals surface area contributed by atoms with Crippen molar-refractivity contribution in [2.24, 2.45) is 0 Å². The number of aromatic amines is 1. The van der Waals surface area contributed by atoms with Crippen molar-refractivity contribution >= 4 is 58.0 Å². The summed E-state index contributed by atoms with van der Waals surface area (Å²) in [5.41, 5.74) is 3.14. The quantitative estimate of drug-likeness (QED) is 0.229. The lowest BCUT2D eigenvalue weighted by atomic mass is 9.82. The van der Waals surface area contributed by atoms with Crippen molar-refractivity contribution in [2.45, 2.75) is 46.0 Å². The molecular formula is C28H28Cl3N5O2. The molecule has 38 heavy (non-hydrogen) atoms. The van der Waals surface area contributed by atoms with Gasteiger partial charge in [-0.15, -0.1) is 0 Å². The van der Waals surface area contributed by atoms with Crippen LogP contribution < -0.4 is 16.0 Å². The lowest BCUT2D eigenvalue weighted by Gasteiger charge is -2.31. The molecule has 1 aromatic heterocycles. The summed E-state index contributed by atoms with van der Waals surface area (Å²) < 4.78 is 0. The zero-order valence-corrected chi connectivity index (χ0v) is 23.5. The Morgan fingerprint density at radius 2 is 1.37 bits per heavy atom. The number of hydrogen-bond acceptors (Lipinski definition) is 4. The maximum atomic E-state index is 13.8. The number of imidazole rings is 1. The number of H-pyrrole nitrogens is 1. The Morgan fingerprint density at radius 1 is 0.868 bits per heavy atom. The number of aromatic nitrogens is 2. The molecule has 0 spiro atoms. The first-order valence-corrected chi connectivity index (χ1v) is 13.4. The molecule has 1 aliphatic rings. The van der Waals surface area contributed by atoms with E-state index in [-0.39, 0.29) is 5.15 Å². The number of amides is 2. The second-order valence-corrected chi connectivity index (χ2v) is 10.2. The molecule has 0 aliphatic carbocycles. The van der Waals surface area contributed by atoms with Gasteiger partial charge in [0, 0.05) is 29.0 Å². The highest BCUT2D eigenvalue weighted by Gasteiger charge is 2.39. The summed E-state index contributed by atoms with van der Waals surface area (Å²) in [5.74, 6) is -0.997. The van der Waals surface area contributed by atoms with E-state index in [4.69, 9.17) is 34.8 Å². The summed E-state index contributed by atoms with van der Waals surface area (Å²) in [6, 6.07) is 13.9. The number of aryl methyl sites for hydroxylation is 1. The maximum Gasteiger partial charge on any atom is 0.254 e. The van der Waals surface area contributed by atoms with Crippen molar-refractivity contribution < 1.29 is 9.59 Å². The molecule has 0 radical (unpaired) electrons. The molecule has 10 heteroatoms. The van der Waals surface area contributed by atoms with Gasteiger partial charge in [0.25, 0.3) is 11.8 Å². The molecule has 4 N–H and O–H groups in total. The molecule has 1 aliphatic heterocycles. The van der Waals surface area contributed by atoms with Crippen molar-refractivity contribution in [3.63, 3.8) is 0 Å². The summed E-state index contributed by atoms with van der Waals surface area (Å²) in [4.78, 5) is 35.3. The van der Waals surface area contributed by atoms with Gasteiger partial charge in [-0.2, -0.15) is 0 Å². The fourth-order valence-electron chi connectivity index (χ4n) is 4.46. The number of nitrogens with one attached hydrogen (secondary N) is 4. The molecule has 0 fully saturated rings. The van der Waals surface area contributed by atoms with Gasteiger partial charge in [-0.1, -0.05) is 72.4 Å². The molecule has 0 saturated heterocycles.